The fourth-order valence-electron chi connectivity index (χ4n) is 2.38. The van der Waals surface area contributed by atoms with E-state index in [-0.39, 0.29) is 25.2 Å². The number of ketones is 1. The first-order valence-electron chi connectivity index (χ1n) is 8.73. The highest BCUT2D eigenvalue weighted by molar-refractivity contribution is 7.98. The van der Waals surface area contributed by atoms with Crippen LogP contribution in [0, 0.1) is 0 Å². The van der Waals surface area contributed by atoms with Crippen LogP contribution in [0.5, 0.6) is 0 Å². The third kappa shape index (κ3) is 6.90. The van der Waals surface area contributed by atoms with Crippen LogP contribution in [0.25, 0.3) is 0 Å². The molecule has 0 aliphatic heterocycles. The Morgan fingerprint density at radius 1 is 0.963 bits per heavy atom. The monoisotopic (exact) mass is 385 g/mol. The number of carbonyl (C=O) groups is 3. The number of esters is 1. The van der Waals surface area contributed by atoms with Crippen LogP contribution in [-0.2, 0) is 20.7 Å². The second-order valence-corrected chi connectivity index (χ2v) is 6.79. The smallest absolute Gasteiger partial charge is 0.306 e. The molecule has 2 aromatic carbocycles. The first-order chi connectivity index (χ1) is 13.0. The SMILES string of the molecule is CCc1ccc(NC(=O)COC(=O)CCC(=O)c2ccc(SC)cc2)cc1. The molecule has 5 nitrogen and oxygen atoms in total. The molecule has 0 saturated carbocycles. The van der Waals surface area contributed by atoms with Crippen molar-refractivity contribution in [2.75, 3.05) is 18.2 Å². The number of hydrogen-bond acceptors (Lipinski definition) is 5. The van der Waals surface area contributed by atoms with Gasteiger partial charge in [0.15, 0.2) is 12.4 Å². The van der Waals surface area contributed by atoms with Crippen molar-refractivity contribution in [3.05, 3.63) is 59.7 Å². The van der Waals surface area contributed by atoms with Crippen LogP contribution >= 0.6 is 11.8 Å². The van der Waals surface area contributed by atoms with Crippen molar-refractivity contribution in [3.63, 3.8) is 0 Å². The zero-order valence-corrected chi connectivity index (χ0v) is 16.3. The highest BCUT2D eigenvalue weighted by Crippen LogP contribution is 2.16. The predicted molar refractivity (Wildman–Crippen MR) is 107 cm³/mol. The first-order valence-corrected chi connectivity index (χ1v) is 9.96. The minimum atomic E-state index is -0.569. The van der Waals surface area contributed by atoms with Crippen molar-refractivity contribution in [2.45, 2.75) is 31.1 Å². The number of nitrogens with one attached hydrogen (secondary N) is 1. The largest absolute Gasteiger partial charge is 0.456 e. The van der Waals surface area contributed by atoms with Gasteiger partial charge >= 0.3 is 5.97 Å². The van der Waals surface area contributed by atoms with Gasteiger partial charge in [-0.3, -0.25) is 14.4 Å². The molecule has 0 aliphatic carbocycles. The molecule has 27 heavy (non-hydrogen) atoms. The Bertz CT molecular complexity index is 785. The summed E-state index contributed by atoms with van der Waals surface area (Å²) in [7, 11) is 0. The van der Waals surface area contributed by atoms with E-state index in [9.17, 15) is 14.4 Å². The van der Waals surface area contributed by atoms with Gasteiger partial charge in [-0.2, -0.15) is 0 Å². The van der Waals surface area contributed by atoms with Crippen molar-refractivity contribution in [3.8, 4) is 0 Å². The molecule has 0 spiro atoms. The number of thioether (sulfide) groups is 1. The molecule has 1 N–H and O–H groups in total. The second kappa shape index (κ2) is 10.5. The number of rotatable bonds is 9. The molecule has 6 heteroatoms. The van der Waals surface area contributed by atoms with Gasteiger partial charge in [0.2, 0.25) is 0 Å². The van der Waals surface area contributed by atoms with E-state index in [0.29, 0.717) is 11.3 Å². The van der Waals surface area contributed by atoms with E-state index in [1.807, 2.05) is 30.5 Å². The van der Waals surface area contributed by atoms with E-state index in [1.54, 1.807) is 36.0 Å². The standard InChI is InChI=1S/C21H23NO4S/c1-3-15-4-8-17(9-5-15)22-20(24)14-26-21(25)13-12-19(23)16-6-10-18(27-2)11-7-16/h4-11H,3,12-14H2,1-2H3,(H,22,24). The Morgan fingerprint density at radius 3 is 2.22 bits per heavy atom. The Labute approximate surface area is 163 Å². The number of aryl methyl sites for hydroxylation is 1. The van der Waals surface area contributed by atoms with Crippen LogP contribution in [0.1, 0.15) is 35.7 Å². The molecule has 1 amide bonds. The maximum Gasteiger partial charge on any atom is 0.306 e. The van der Waals surface area contributed by atoms with Crippen LogP contribution < -0.4 is 5.32 Å². The predicted octanol–water partition coefficient (Wildman–Crippen LogP) is 4.12. The summed E-state index contributed by atoms with van der Waals surface area (Å²) < 4.78 is 4.94. The molecule has 0 aromatic heterocycles. The number of anilines is 1. The summed E-state index contributed by atoms with van der Waals surface area (Å²) in [6.07, 6.45) is 2.88. The number of ether oxygens (including phenoxy) is 1. The summed E-state index contributed by atoms with van der Waals surface area (Å²) >= 11 is 1.60. The van der Waals surface area contributed by atoms with E-state index in [4.69, 9.17) is 4.74 Å². The van der Waals surface area contributed by atoms with Crippen LogP contribution in [0.3, 0.4) is 0 Å². The Morgan fingerprint density at radius 2 is 1.63 bits per heavy atom. The van der Waals surface area contributed by atoms with Crippen LogP contribution in [0.2, 0.25) is 0 Å². The van der Waals surface area contributed by atoms with Gasteiger partial charge in [-0.05, 0) is 42.5 Å². The van der Waals surface area contributed by atoms with Crippen molar-refractivity contribution in [1.29, 1.82) is 0 Å². The molecule has 0 unspecified atom stereocenters. The average molecular weight is 385 g/mol. The number of hydrogen-bond donors (Lipinski definition) is 1. The van der Waals surface area contributed by atoms with Gasteiger partial charge in [-0.25, -0.2) is 0 Å². The third-order valence-electron chi connectivity index (χ3n) is 3.98. The summed E-state index contributed by atoms with van der Waals surface area (Å²) in [6.45, 7) is 1.68. The van der Waals surface area contributed by atoms with E-state index < -0.39 is 11.9 Å². The van der Waals surface area contributed by atoms with Gasteiger partial charge in [0.05, 0.1) is 6.42 Å². The summed E-state index contributed by atoms with van der Waals surface area (Å²) in [5.41, 5.74) is 2.39. The van der Waals surface area contributed by atoms with Gasteiger partial charge in [0, 0.05) is 22.6 Å². The summed E-state index contributed by atoms with van der Waals surface area (Å²) in [4.78, 5) is 36.8. The fourth-order valence-corrected chi connectivity index (χ4v) is 2.78. The number of benzene rings is 2. The summed E-state index contributed by atoms with van der Waals surface area (Å²) in [6, 6.07) is 14.7. The minimum absolute atomic E-state index is 0.0531. The number of amides is 1. The van der Waals surface area contributed by atoms with Crippen molar-refractivity contribution in [1.82, 2.24) is 0 Å². The Hall–Kier alpha value is -2.60. The lowest BCUT2D eigenvalue weighted by Gasteiger charge is -2.07. The topological polar surface area (TPSA) is 72.5 Å². The highest BCUT2D eigenvalue weighted by atomic mass is 32.2. The van der Waals surface area contributed by atoms with Gasteiger partial charge in [0.25, 0.3) is 5.91 Å². The molecule has 0 saturated heterocycles. The zero-order chi connectivity index (χ0) is 19.6. The van der Waals surface area contributed by atoms with E-state index in [2.05, 4.69) is 12.2 Å². The molecule has 0 radical (unpaired) electrons. The maximum absolute atomic E-state index is 12.1. The van der Waals surface area contributed by atoms with Crippen molar-refractivity contribution >= 4 is 35.1 Å². The van der Waals surface area contributed by atoms with Crippen LogP contribution in [-0.4, -0.2) is 30.5 Å². The highest BCUT2D eigenvalue weighted by Gasteiger charge is 2.12. The van der Waals surface area contributed by atoms with E-state index >= 15 is 0 Å². The minimum Gasteiger partial charge on any atom is -0.456 e. The molecule has 0 heterocycles. The van der Waals surface area contributed by atoms with Crippen molar-refractivity contribution in [2.24, 2.45) is 0 Å². The molecule has 0 bridgehead atoms. The van der Waals surface area contributed by atoms with Gasteiger partial charge < -0.3 is 10.1 Å². The van der Waals surface area contributed by atoms with E-state index in [0.717, 1.165) is 11.3 Å². The molecule has 2 rings (SSSR count). The fraction of sp³-hybridized carbons (Fsp3) is 0.286. The lowest BCUT2D eigenvalue weighted by atomic mass is 10.1. The Balaban J connectivity index is 1.71. The maximum atomic E-state index is 12.1. The van der Waals surface area contributed by atoms with Crippen molar-refractivity contribution < 1.29 is 19.1 Å². The molecular formula is C21H23NO4S. The summed E-state index contributed by atoms with van der Waals surface area (Å²) in [5.74, 6) is -1.10. The molecule has 0 aliphatic rings. The Kier molecular flexibility index (Phi) is 8.07. The number of carbonyl (C=O) groups excluding carboxylic acids is 3. The van der Waals surface area contributed by atoms with Crippen LogP contribution in [0.4, 0.5) is 5.69 Å². The molecule has 2 aromatic rings. The van der Waals surface area contributed by atoms with Gasteiger partial charge in [-0.15, -0.1) is 11.8 Å². The second-order valence-electron chi connectivity index (χ2n) is 5.91. The molecule has 0 atom stereocenters. The average Bonchev–Trinajstić information content (AvgIpc) is 2.71. The van der Waals surface area contributed by atoms with Gasteiger partial charge in [-0.1, -0.05) is 31.2 Å². The molecular weight excluding hydrogens is 362 g/mol. The normalized spacial score (nSPS) is 10.3. The lowest BCUT2D eigenvalue weighted by Crippen LogP contribution is -2.21. The number of Topliss-reactive ketones (excluding diaryl/α,β-unsaturated/α-hetero) is 1. The van der Waals surface area contributed by atoms with Crippen LogP contribution in [0.15, 0.2) is 53.4 Å². The molecule has 0 fully saturated rings. The lowest BCUT2D eigenvalue weighted by molar-refractivity contribution is -0.147. The van der Waals surface area contributed by atoms with E-state index in [1.165, 1.54) is 5.56 Å². The molecule has 142 valence electrons. The zero-order valence-electron chi connectivity index (χ0n) is 15.5. The quantitative estimate of drug-likeness (QED) is 0.399. The summed E-state index contributed by atoms with van der Waals surface area (Å²) in [5, 5.41) is 2.67. The first kappa shape index (κ1) is 20.7. The van der Waals surface area contributed by atoms with Gasteiger partial charge in [0.1, 0.15) is 0 Å². The third-order valence-corrected chi connectivity index (χ3v) is 4.72.